The van der Waals surface area contributed by atoms with Crippen molar-refractivity contribution >= 4 is 6.03 Å². The van der Waals surface area contributed by atoms with Gasteiger partial charge in [-0.05, 0) is 25.8 Å². The number of amides is 2. The van der Waals surface area contributed by atoms with Crippen LogP contribution in [0.25, 0.3) is 0 Å². The molecule has 1 unspecified atom stereocenters. The quantitative estimate of drug-likeness (QED) is 0.872. The highest BCUT2D eigenvalue weighted by Crippen LogP contribution is 2.17. The van der Waals surface area contributed by atoms with Crippen molar-refractivity contribution in [2.45, 2.75) is 32.4 Å². The lowest BCUT2D eigenvalue weighted by Crippen LogP contribution is -2.56. The largest absolute Gasteiger partial charge is 0.376 e. The fourth-order valence-electron chi connectivity index (χ4n) is 2.90. The van der Waals surface area contributed by atoms with Crippen LogP contribution in [-0.2, 0) is 11.3 Å². The number of carbonyl (C=O) groups is 1. The number of carbonyl (C=O) groups excluding carboxylic acids is 1. The summed E-state index contributed by atoms with van der Waals surface area (Å²) in [5, 5.41) is 7.13. The Bertz CT molecular complexity index is 589. The highest BCUT2D eigenvalue weighted by Gasteiger charge is 2.31. The normalized spacial score (nSPS) is 21.7. The van der Waals surface area contributed by atoms with Gasteiger partial charge in [0.05, 0.1) is 18.3 Å². The topological polar surface area (TPSA) is 76.5 Å². The standard InChI is InChI=1S/C15H22N4O3/c1-11-4-5-14(20)19(17-11)10-12-8-18(9-12)15(21)16-7-13-3-2-6-22-13/h4-5,12-13H,2-3,6-10H2,1H3,(H,16,21). The van der Waals surface area contributed by atoms with E-state index in [1.54, 1.807) is 11.0 Å². The van der Waals surface area contributed by atoms with Crippen LogP contribution in [0.5, 0.6) is 0 Å². The average Bonchev–Trinajstić information content (AvgIpc) is 2.96. The predicted molar refractivity (Wildman–Crippen MR) is 80.7 cm³/mol. The Morgan fingerprint density at radius 2 is 2.27 bits per heavy atom. The molecule has 0 spiro atoms. The highest BCUT2D eigenvalue weighted by atomic mass is 16.5. The van der Waals surface area contributed by atoms with Crippen molar-refractivity contribution in [1.82, 2.24) is 20.0 Å². The van der Waals surface area contributed by atoms with Crippen molar-refractivity contribution in [2.75, 3.05) is 26.2 Å². The Kier molecular flexibility index (Phi) is 4.42. The van der Waals surface area contributed by atoms with Crippen LogP contribution in [0, 0.1) is 12.8 Å². The molecule has 2 aliphatic rings. The Morgan fingerprint density at radius 3 is 3.00 bits per heavy atom. The number of nitrogens with one attached hydrogen (secondary N) is 1. The monoisotopic (exact) mass is 306 g/mol. The van der Waals surface area contributed by atoms with Crippen LogP contribution in [0.4, 0.5) is 4.79 Å². The van der Waals surface area contributed by atoms with E-state index in [0.717, 1.165) is 25.1 Å². The van der Waals surface area contributed by atoms with Gasteiger partial charge < -0.3 is 15.0 Å². The summed E-state index contributed by atoms with van der Waals surface area (Å²) in [5.41, 5.74) is 0.733. The number of nitrogens with zero attached hydrogens (tertiary/aromatic N) is 3. The van der Waals surface area contributed by atoms with E-state index in [2.05, 4.69) is 10.4 Å². The molecule has 2 amide bonds. The first-order chi connectivity index (χ1) is 10.6. The number of hydrogen-bond acceptors (Lipinski definition) is 4. The molecule has 2 aliphatic heterocycles. The molecule has 0 radical (unpaired) electrons. The van der Waals surface area contributed by atoms with Crippen molar-refractivity contribution < 1.29 is 9.53 Å². The third-order valence-electron chi connectivity index (χ3n) is 4.18. The van der Waals surface area contributed by atoms with Crippen molar-refractivity contribution in [1.29, 1.82) is 0 Å². The zero-order valence-corrected chi connectivity index (χ0v) is 12.8. The van der Waals surface area contributed by atoms with E-state index < -0.39 is 0 Å². The second kappa shape index (κ2) is 6.48. The summed E-state index contributed by atoms with van der Waals surface area (Å²) in [6.07, 6.45) is 2.26. The molecule has 2 saturated heterocycles. The van der Waals surface area contributed by atoms with Crippen molar-refractivity contribution in [3.05, 3.63) is 28.2 Å². The summed E-state index contributed by atoms with van der Waals surface area (Å²) in [5.74, 6) is 0.292. The molecule has 120 valence electrons. The molecule has 0 bridgehead atoms. The molecule has 7 nitrogen and oxygen atoms in total. The molecule has 22 heavy (non-hydrogen) atoms. The number of aryl methyl sites for hydroxylation is 1. The van der Waals surface area contributed by atoms with Gasteiger partial charge in [-0.1, -0.05) is 0 Å². The second-order valence-electron chi connectivity index (χ2n) is 6.09. The van der Waals surface area contributed by atoms with Gasteiger partial charge in [-0.3, -0.25) is 4.79 Å². The van der Waals surface area contributed by atoms with Crippen LogP contribution in [-0.4, -0.2) is 53.1 Å². The van der Waals surface area contributed by atoms with Gasteiger partial charge in [-0.25, -0.2) is 9.48 Å². The lowest BCUT2D eigenvalue weighted by Gasteiger charge is -2.39. The van der Waals surface area contributed by atoms with Gasteiger partial charge in [0.25, 0.3) is 5.56 Å². The summed E-state index contributed by atoms with van der Waals surface area (Å²) >= 11 is 0. The van der Waals surface area contributed by atoms with E-state index >= 15 is 0 Å². The lowest BCUT2D eigenvalue weighted by molar-refractivity contribution is 0.0913. The SMILES string of the molecule is Cc1ccc(=O)n(CC2CN(C(=O)NCC3CCCO3)C2)n1. The molecule has 0 saturated carbocycles. The zero-order chi connectivity index (χ0) is 15.5. The maximum absolute atomic E-state index is 12.0. The van der Waals surface area contributed by atoms with Gasteiger partial charge in [-0.15, -0.1) is 0 Å². The van der Waals surface area contributed by atoms with Gasteiger partial charge in [-0.2, -0.15) is 5.10 Å². The molecule has 3 heterocycles. The number of aromatic nitrogens is 2. The van der Waals surface area contributed by atoms with Crippen LogP contribution < -0.4 is 10.9 Å². The molecular weight excluding hydrogens is 284 g/mol. The molecule has 1 aromatic rings. The first kappa shape index (κ1) is 15.0. The number of urea groups is 1. The van der Waals surface area contributed by atoms with Crippen LogP contribution in [0.2, 0.25) is 0 Å². The number of rotatable bonds is 4. The number of hydrogen-bond donors (Lipinski definition) is 1. The number of ether oxygens (including phenoxy) is 1. The molecular formula is C15H22N4O3. The minimum atomic E-state index is -0.0908. The van der Waals surface area contributed by atoms with Gasteiger partial charge in [0.2, 0.25) is 0 Å². The Hall–Kier alpha value is -1.89. The van der Waals surface area contributed by atoms with E-state index in [1.807, 2.05) is 6.92 Å². The van der Waals surface area contributed by atoms with Crippen LogP contribution >= 0.6 is 0 Å². The molecule has 2 fully saturated rings. The third-order valence-corrected chi connectivity index (χ3v) is 4.18. The van der Waals surface area contributed by atoms with E-state index in [9.17, 15) is 9.59 Å². The highest BCUT2D eigenvalue weighted by molar-refractivity contribution is 5.75. The molecule has 0 aliphatic carbocycles. The summed E-state index contributed by atoms with van der Waals surface area (Å²) in [6.45, 7) is 5.14. The van der Waals surface area contributed by atoms with E-state index in [0.29, 0.717) is 32.1 Å². The minimum absolute atomic E-state index is 0.0451. The fourth-order valence-corrected chi connectivity index (χ4v) is 2.90. The lowest BCUT2D eigenvalue weighted by atomic mass is 10.0. The molecule has 3 rings (SSSR count). The zero-order valence-electron chi connectivity index (χ0n) is 12.8. The average molecular weight is 306 g/mol. The van der Waals surface area contributed by atoms with Gasteiger partial charge in [0.1, 0.15) is 0 Å². The van der Waals surface area contributed by atoms with Gasteiger partial charge in [0, 0.05) is 38.2 Å². The number of likely N-dealkylation sites (tertiary alicyclic amines) is 1. The molecule has 7 heteroatoms. The molecule has 1 N–H and O–H groups in total. The summed E-state index contributed by atoms with van der Waals surface area (Å²) < 4.78 is 6.97. The van der Waals surface area contributed by atoms with Gasteiger partial charge >= 0.3 is 6.03 Å². The van der Waals surface area contributed by atoms with Crippen molar-refractivity contribution in [3.63, 3.8) is 0 Å². The second-order valence-corrected chi connectivity index (χ2v) is 6.09. The van der Waals surface area contributed by atoms with Gasteiger partial charge in [0.15, 0.2) is 0 Å². The molecule has 0 aromatic carbocycles. The van der Waals surface area contributed by atoms with E-state index in [-0.39, 0.29) is 17.7 Å². The molecule has 1 atom stereocenters. The Labute approximate surface area is 129 Å². The Morgan fingerprint density at radius 1 is 1.45 bits per heavy atom. The third kappa shape index (κ3) is 3.47. The van der Waals surface area contributed by atoms with Crippen LogP contribution in [0.15, 0.2) is 16.9 Å². The first-order valence-corrected chi connectivity index (χ1v) is 7.81. The summed E-state index contributed by atoms with van der Waals surface area (Å²) in [4.78, 5) is 25.4. The van der Waals surface area contributed by atoms with Crippen molar-refractivity contribution in [3.8, 4) is 0 Å². The van der Waals surface area contributed by atoms with E-state index in [4.69, 9.17) is 4.74 Å². The Balaban J connectivity index is 1.42. The fraction of sp³-hybridized carbons (Fsp3) is 0.667. The van der Waals surface area contributed by atoms with Crippen LogP contribution in [0.3, 0.4) is 0 Å². The summed E-state index contributed by atoms with van der Waals surface area (Å²) in [6, 6.07) is 3.20. The first-order valence-electron chi connectivity index (χ1n) is 7.81. The smallest absolute Gasteiger partial charge is 0.317 e. The van der Waals surface area contributed by atoms with E-state index in [1.165, 1.54) is 10.7 Å². The minimum Gasteiger partial charge on any atom is -0.376 e. The predicted octanol–water partition coefficient (Wildman–Crippen LogP) is 0.372. The van der Waals surface area contributed by atoms with Crippen molar-refractivity contribution in [2.24, 2.45) is 5.92 Å². The maximum atomic E-state index is 12.0. The van der Waals surface area contributed by atoms with Crippen LogP contribution in [0.1, 0.15) is 18.5 Å². The maximum Gasteiger partial charge on any atom is 0.317 e. The summed E-state index contributed by atoms with van der Waals surface area (Å²) in [7, 11) is 0. The molecule has 1 aromatic heterocycles.